The number of aliphatic hydroxyl groups is 1. The Hall–Kier alpha value is -4.65. The Kier molecular flexibility index (Phi) is 15.9. The molecule has 2 aromatic rings. The zero-order chi connectivity index (χ0) is 38.5. The van der Waals surface area contributed by atoms with Crippen LogP contribution in [0.15, 0.2) is 48.5 Å². The number of benzene rings is 2. The van der Waals surface area contributed by atoms with Crippen molar-refractivity contribution in [1.82, 2.24) is 26.6 Å². The average Bonchev–Trinajstić information content (AvgIpc) is 3.52. The zero-order valence-electron chi connectivity index (χ0n) is 31.7. The Morgan fingerprint density at radius 1 is 0.846 bits per heavy atom. The van der Waals surface area contributed by atoms with Crippen LogP contribution < -0.4 is 31.3 Å². The Morgan fingerprint density at radius 3 is 2.04 bits per heavy atom. The van der Waals surface area contributed by atoms with Crippen molar-refractivity contribution in [2.24, 2.45) is 23.7 Å². The van der Waals surface area contributed by atoms with E-state index in [0.717, 1.165) is 5.56 Å². The third-order valence-electron chi connectivity index (χ3n) is 8.74. The minimum Gasteiger partial charge on any atom is -0.490 e. The maximum absolute atomic E-state index is 13.8. The number of rotatable bonds is 19. The van der Waals surface area contributed by atoms with Gasteiger partial charge in [-0.1, -0.05) is 78.8 Å². The first kappa shape index (κ1) is 41.8. The van der Waals surface area contributed by atoms with Crippen molar-refractivity contribution in [1.29, 1.82) is 0 Å². The Morgan fingerprint density at radius 2 is 1.48 bits per heavy atom. The first-order chi connectivity index (χ1) is 24.5. The molecular weight excluding hydrogens is 666 g/mol. The van der Waals surface area contributed by atoms with E-state index in [1.54, 1.807) is 6.92 Å². The van der Waals surface area contributed by atoms with Crippen LogP contribution in [0, 0.1) is 23.7 Å². The Balaban J connectivity index is 1.78. The average molecular weight is 724 g/mol. The van der Waals surface area contributed by atoms with Crippen LogP contribution in [0.2, 0.25) is 0 Å². The third kappa shape index (κ3) is 13.2. The summed E-state index contributed by atoms with van der Waals surface area (Å²) in [5.41, 5.74) is 1.20. The minimum atomic E-state index is -1.10. The van der Waals surface area contributed by atoms with Crippen LogP contribution >= 0.6 is 0 Å². The molecule has 0 saturated carbocycles. The molecule has 1 aliphatic rings. The van der Waals surface area contributed by atoms with Gasteiger partial charge >= 0.3 is 6.09 Å². The van der Waals surface area contributed by atoms with Crippen LogP contribution in [-0.4, -0.2) is 78.8 Å². The number of hydrogen-bond donors (Lipinski definition) is 6. The molecule has 6 unspecified atom stereocenters. The minimum absolute atomic E-state index is 0.00299. The molecule has 1 heterocycles. The molecule has 2 aromatic carbocycles. The van der Waals surface area contributed by atoms with Crippen molar-refractivity contribution in [3.8, 4) is 5.75 Å². The van der Waals surface area contributed by atoms with Gasteiger partial charge in [0.2, 0.25) is 11.8 Å². The van der Waals surface area contributed by atoms with Gasteiger partial charge in [-0.2, -0.15) is 0 Å². The van der Waals surface area contributed by atoms with E-state index in [2.05, 4.69) is 26.6 Å². The van der Waals surface area contributed by atoms with Gasteiger partial charge in [0.15, 0.2) is 6.10 Å². The fourth-order valence-electron chi connectivity index (χ4n) is 5.71. The van der Waals surface area contributed by atoms with Crippen LogP contribution in [0.5, 0.6) is 5.75 Å². The standard InChI is InChI=1S/C39H57N5O8/c1-22(2)14-32(33(45)15-25(7)35(46)44-34(24(5)6)38(49)40-19-23(3)4)43-37(48)29-16-28(36(47)42-26(8)27-12-10-9-11-13-27)17-30(18-29)51-21-31-20-41-39(50)52-31/h9-13,16-18,22-26,31-34,45H,14-15,19-21H2,1-8H3,(H,40,49)(H,41,50)(H,42,47)(H,43,48)(H,44,46). The summed E-state index contributed by atoms with van der Waals surface area (Å²) in [5, 5.41) is 25.5. The first-order valence-corrected chi connectivity index (χ1v) is 18.2. The largest absolute Gasteiger partial charge is 0.490 e. The molecule has 6 atom stereocenters. The number of hydrogen-bond acceptors (Lipinski definition) is 8. The summed E-state index contributed by atoms with van der Waals surface area (Å²) in [7, 11) is 0. The number of amides is 5. The fraction of sp³-hybridized carbons (Fsp3) is 0.564. The lowest BCUT2D eigenvalue weighted by molar-refractivity contribution is -0.132. The van der Waals surface area contributed by atoms with Gasteiger partial charge in [0.25, 0.3) is 11.8 Å². The highest BCUT2D eigenvalue weighted by molar-refractivity contribution is 6.00. The number of alkyl carbamates (subject to hydrolysis) is 1. The van der Waals surface area contributed by atoms with Crippen LogP contribution in [-0.2, 0) is 14.3 Å². The number of carbonyl (C=O) groups excluding carboxylic acids is 5. The molecular formula is C39H57N5O8. The van der Waals surface area contributed by atoms with Crippen LogP contribution in [0.25, 0.3) is 0 Å². The van der Waals surface area contributed by atoms with E-state index in [9.17, 15) is 29.1 Å². The van der Waals surface area contributed by atoms with Gasteiger partial charge in [0, 0.05) is 23.6 Å². The molecule has 1 fully saturated rings. The summed E-state index contributed by atoms with van der Waals surface area (Å²) >= 11 is 0. The first-order valence-electron chi connectivity index (χ1n) is 18.2. The van der Waals surface area contributed by atoms with Crippen molar-refractivity contribution in [2.75, 3.05) is 19.7 Å². The lowest BCUT2D eigenvalue weighted by atomic mass is 9.91. The molecule has 1 saturated heterocycles. The van der Waals surface area contributed by atoms with E-state index in [1.165, 1.54) is 18.2 Å². The SMILES string of the molecule is CC(C)CNC(=O)C(NC(=O)C(C)CC(O)C(CC(C)C)NC(=O)c1cc(OCC2CNC(=O)O2)cc(C(=O)NC(C)c2ccccc2)c1)C(C)C. The summed E-state index contributed by atoms with van der Waals surface area (Å²) in [6, 6.07) is 12.1. The third-order valence-corrected chi connectivity index (χ3v) is 8.74. The quantitative estimate of drug-likeness (QED) is 0.125. The molecule has 0 aliphatic carbocycles. The summed E-state index contributed by atoms with van der Waals surface area (Å²) in [4.78, 5) is 64.8. The molecule has 13 heteroatoms. The van der Waals surface area contributed by atoms with Gasteiger partial charge in [-0.15, -0.1) is 0 Å². The number of ether oxygens (including phenoxy) is 2. The van der Waals surface area contributed by atoms with Gasteiger partial charge in [-0.25, -0.2) is 4.79 Å². The molecule has 13 nitrogen and oxygen atoms in total. The highest BCUT2D eigenvalue weighted by atomic mass is 16.6. The molecule has 6 N–H and O–H groups in total. The van der Waals surface area contributed by atoms with Crippen LogP contribution in [0.3, 0.4) is 0 Å². The summed E-state index contributed by atoms with van der Waals surface area (Å²) in [6.07, 6.45) is -1.76. The monoisotopic (exact) mass is 723 g/mol. The van der Waals surface area contributed by atoms with Crippen molar-refractivity contribution in [3.63, 3.8) is 0 Å². The second kappa shape index (κ2) is 19.8. The molecule has 52 heavy (non-hydrogen) atoms. The second-order valence-electron chi connectivity index (χ2n) is 14.9. The maximum Gasteiger partial charge on any atom is 0.407 e. The van der Waals surface area contributed by atoms with Gasteiger partial charge < -0.3 is 41.2 Å². The topological polar surface area (TPSA) is 184 Å². The van der Waals surface area contributed by atoms with E-state index in [-0.39, 0.29) is 72.1 Å². The van der Waals surface area contributed by atoms with E-state index < -0.39 is 48.1 Å². The van der Waals surface area contributed by atoms with Crippen molar-refractivity contribution >= 4 is 29.7 Å². The van der Waals surface area contributed by atoms with E-state index in [1.807, 2.05) is 78.8 Å². The zero-order valence-corrected chi connectivity index (χ0v) is 31.7. The normalized spacial score (nSPS) is 17.0. The number of carbonyl (C=O) groups is 5. The highest BCUT2D eigenvalue weighted by Gasteiger charge is 2.31. The number of nitrogens with one attached hydrogen (secondary N) is 5. The molecule has 286 valence electrons. The summed E-state index contributed by atoms with van der Waals surface area (Å²) in [6.45, 7) is 15.9. The Labute approximate surface area is 307 Å². The predicted octanol–water partition coefficient (Wildman–Crippen LogP) is 4.11. The molecule has 5 amide bonds. The lowest BCUT2D eigenvalue weighted by Crippen LogP contribution is -2.52. The van der Waals surface area contributed by atoms with E-state index in [4.69, 9.17) is 9.47 Å². The Bertz CT molecular complexity index is 1520. The number of cyclic esters (lactones) is 1. The van der Waals surface area contributed by atoms with Gasteiger partial charge in [-0.05, 0) is 61.3 Å². The van der Waals surface area contributed by atoms with Crippen molar-refractivity contribution in [3.05, 3.63) is 65.2 Å². The van der Waals surface area contributed by atoms with E-state index >= 15 is 0 Å². The fourth-order valence-corrected chi connectivity index (χ4v) is 5.71. The van der Waals surface area contributed by atoms with Crippen molar-refractivity contribution in [2.45, 2.75) is 98.6 Å². The molecule has 0 aromatic heterocycles. The predicted molar refractivity (Wildman–Crippen MR) is 198 cm³/mol. The lowest BCUT2D eigenvalue weighted by Gasteiger charge is -2.29. The van der Waals surface area contributed by atoms with Gasteiger partial charge in [-0.3, -0.25) is 19.2 Å². The smallest absolute Gasteiger partial charge is 0.407 e. The van der Waals surface area contributed by atoms with Crippen molar-refractivity contribution < 1.29 is 38.6 Å². The van der Waals surface area contributed by atoms with Gasteiger partial charge in [0.1, 0.15) is 18.4 Å². The highest BCUT2D eigenvalue weighted by Crippen LogP contribution is 2.22. The van der Waals surface area contributed by atoms with Crippen LogP contribution in [0.1, 0.15) is 101 Å². The molecule has 0 radical (unpaired) electrons. The molecule has 0 bridgehead atoms. The maximum atomic E-state index is 13.8. The second-order valence-corrected chi connectivity index (χ2v) is 14.9. The molecule has 0 spiro atoms. The van der Waals surface area contributed by atoms with Gasteiger partial charge in [0.05, 0.1) is 24.7 Å². The molecule has 1 aliphatic heterocycles. The number of aliphatic hydroxyl groups excluding tert-OH is 1. The molecule has 3 rings (SSSR count). The summed E-state index contributed by atoms with van der Waals surface area (Å²) in [5.74, 6) is -1.88. The summed E-state index contributed by atoms with van der Waals surface area (Å²) < 4.78 is 11.1. The van der Waals surface area contributed by atoms with Crippen LogP contribution in [0.4, 0.5) is 4.79 Å². The van der Waals surface area contributed by atoms with E-state index in [0.29, 0.717) is 13.0 Å².